The molecule has 7 nitrogen and oxygen atoms in total. The number of ether oxygens (including phenoxy) is 2. The lowest BCUT2D eigenvalue weighted by Crippen LogP contribution is -2.44. The number of carbonyl (C=O) groups excluding carboxylic acids is 2. The predicted octanol–water partition coefficient (Wildman–Crippen LogP) is 4.19. The van der Waals surface area contributed by atoms with Crippen molar-refractivity contribution in [2.75, 3.05) is 53.6 Å². The molecule has 1 heterocycles. The van der Waals surface area contributed by atoms with Gasteiger partial charge in [-0.1, -0.05) is 36.4 Å². The zero-order chi connectivity index (χ0) is 27.5. The van der Waals surface area contributed by atoms with E-state index in [0.717, 1.165) is 37.2 Å². The van der Waals surface area contributed by atoms with E-state index >= 15 is 0 Å². The molecule has 1 fully saturated rings. The summed E-state index contributed by atoms with van der Waals surface area (Å²) in [6.45, 7) is 10.3. The zero-order valence-electron chi connectivity index (χ0n) is 23.7. The van der Waals surface area contributed by atoms with E-state index in [9.17, 15) is 9.59 Å². The molecular formula is C31H45N3O4. The molecule has 0 radical (unpaired) electrons. The molecular weight excluding hydrogens is 478 g/mol. The van der Waals surface area contributed by atoms with Gasteiger partial charge in [0.1, 0.15) is 5.75 Å². The van der Waals surface area contributed by atoms with Crippen LogP contribution in [0.4, 0.5) is 0 Å². The minimum absolute atomic E-state index is 0.0136. The summed E-state index contributed by atoms with van der Waals surface area (Å²) in [5.41, 5.74) is 2.83. The third-order valence-corrected chi connectivity index (χ3v) is 7.39. The number of amides is 2. The highest BCUT2D eigenvalue weighted by Crippen LogP contribution is 2.25. The Morgan fingerprint density at radius 1 is 1.03 bits per heavy atom. The number of nitrogens with one attached hydrogen (secondary N) is 1. The van der Waals surface area contributed by atoms with Crippen molar-refractivity contribution in [2.24, 2.45) is 11.8 Å². The normalized spacial score (nSPS) is 17.0. The van der Waals surface area contributed by atoms with Crippen LogP contribution in [0.2, 0.25) is 0 Å². The Hall–Kier alpha value is -2.90. The molecule has 0 aromatic heterocycles. The predicted molar refractivity (Wildman–Crippen MR) is 152 cm³/mol. The summed E-state index contributed by atoms with van der Waals surface area (Å²) in [7, 11) is 3.58. The molecule has 7 heteroatoms. The fourth-order valence-corrected chi connectivity index (χ4v) is 4.98. The highest BCUT2D eigenvalue weighted by atomic mass is 16.5. The maximum absolute atomic E-state index is 13.6. The van der Waals surface area contributed by atoms with E-state index in [4.69, 9.17) is 9.47 Å². The van der Waals surface area contributed by atoms with Gasteiger partial charge in [0.2, 0.25) is 5.91 Å². The van der Waals surface area contributed by atoms with E-state index in [-0.39, 0.29) is 23.8 Å². The molecule has 38 heavy (non-hydrogen) atoms. The summed E-state index contributed by atoms with van der Waals surface area (Å²) in [5.74, 6) is 1.49. The number of hydrogen-bond donors (Lipinski definition) is 1. The second kappa shape index (κ2) is 14.9. The lowest BCUT2D eigenvalue weighted by Gasteiger charge is -2.33. The monoisotopic (exact) mass is 523 g/mol. The molecule has 208 valence electrons. The maximum Gasteiger partial charge on any atom is 0.254 e. The smallest absolute Gasteiger partial charge is 0.254 e. The van der Waals surface area contributed by atoms with Gasteiger partial charge in [0.15, 0.2) is 0 Å². The van der Waals surface area contributed by atoms with Crippen LogP contribution in [-0.2, 0) is 16.0 Å². The number of rotatable bonds is 14. The van der Waals surface area contributed by atoms with Crippen LogP contribution in [0.5, 0.6) is 5.75 Å². The Balaban J connectivity index is 1.60. The second-order valence-corrected chi connectivity index (χ2v) is 10.7. The minimum Gasteiger partial charge on any atom is -0.493 e. The Morgan fingerprint density at radius 3 is 2.42 bits per heavy atom. The van der Waals surface area contributed by atoms with Gasteiger partial charge in [-0.3, -0.25) is 9.59 Å². The van der Waals surface area contributed by atoms with Gasteiger partial charge in [-0.15, -0.1) is 0 Å². The fourth-order valence-electron chi connectivity index (χ4n) is 4.98. The van der Waals surface area contributed by atoms with Crippen LogP contribution in [0, 0.1) is 18.8 Å². The number of nitrogens with zero attached hydrogens (tertiary/aromatic N) is 2. The first-order valence-corrected chi connectivity index (χ1v) is 13.8. The van der Waals surface area contributed by atoms with E-state index in [2.05, 4.69) is 31.3 Å². The number of hydrogen-bond acceptors (Lipinski definition) is 5. The van der Waals surface area contributed by atoms with Crippen LogP contribution in [0.15, 0.2) is 48.5 Å². The summed E-state index contributed by atoms with van der Waals surface area (Å²) in [6.07, 6.45) is 2.05. The van der Waals surface area contributed by atoms with Crippen LogP contribution in [0.1, 0.15) is 48.2 Å². The minimum atomic E-state index is 0.0136. The van der Waals surface area contributed by atoms with E-state index < -0.39 is 0 Å². The SMILES string of the molecule is COCCCOc1cc(C(=O)N(C[C@@H]2CNCC2CN(C)C(=O)CCc2ccccc2)C(C)C)ccc1C. The number of benzene rings is 2. The molecule has 0 spiro atoms. The van der Waals surface area contributed by atoms with E-state index in [0.29, 0.717) is 44.2 Å². The topological polar surface area (TPSA) is 71.1 Å². The standard InChI is InChI=1S/C31H45N3O4/c1-23(2)34(31(36)26-14-12-24(3)29(18-26)38-17-9-16-37-5)22-28-20-32-19-27(28)21-33(4)30(35)15-13-25-10-7-6-8-11-25/h6-8,10-12,14,18,23,27-28,32H,9,13,15-17,19-22H2,1-5H3/t27?,28-/m0/s1. The molecule has 1 N–H and O–H groups in total. The van der Waals surface area contributed by atoms with Crippen molar-refractivity contribution in [2.45, 2.75) is 46.1 Å². The summed E-state index contributed by atoms with van der Waals surface area (Å²) in [4.78, 5) is 30.3. The zero-order valence-corrected chi connectivity index (χ0v) is 23.7. The van der Waals surface area contributed by atoms with E-state index in [1.165, 1.54) is 5.56 Å². The van der Waals surface area contributed by atoms with Gasteiger partial charge in [-0.2, -0.15) is 0 Å². The Morgan fingerprint density at radius 2 is 1.74 bits per heavy atom. The Kier molecular flexibility index (Phi) is 11.6. The first-order valence-electron chi connectivity index (χ1n) is 13.8. The average molecular weight is 524 g/mol. The van der Waals surface area contributed by atoms with Crippen molar-refractivity contribution < 1.29 is 19.1 Å². The van der Waals surface area contributed by atoms with Crippen LogP contribution >= 0.6 is 0 Å². The van der Waals surface area contributed by atoms with Crippen molar-refractivity contribution in [3.63, 3.8) is 0 Å². The average Bonchev–Trinajstić information content (AvgIpc) is 3.35. The number of aryl methyl sites for hydroxylation is 2. The van der Waals surface area contributed by atoms with Crippen molar-refractivity contribution in [3.05, 3.63) is 65.2 Å². The third-order valence-electron chi connectivity index (χ3n) is 7.39. The molecule has 0 aliphatic carbocycles. The Labute approximate surface area is 228 Å². The number of carbonyl (C=O) groups is 2. The second-order valence-electron chi connectivity index (χ2n) is 10.7. The molecule has 3 rings (SSSR count). The molecule has 1 aliphatic rings. The van der Waals surface area contributed by atoms with Gasteiger partial charge >= 0.3 is 0 Å². The van der Waals surface area contributed by atoms with Crippen LogP contribution in [-0.4, -0.2) is 81.2 Å². The highest BCUT2D eigenvalue weighted by molar-refractivity contribution is 5.95. The first-order chi connectivity index (χ1) is 18.3. The van der Waals surface area contributed by atoms with Crippen LogP contribution < -0.4 is 10.1 Å². The highest BCUT2D eigenvalue weighted by Gasteiger charge is 2.33. The molecule has 1 unspecified atom stereocenters. The van der Waals surface area contributed by atoms with Gasteiger partial charge in [0.05, 0.1) is 6.61 Å². The third kappa shape index (κ3) is 8.57. The number of methoxy groups -OCH3 is 1. The van der Waals surface area contributed by atoms with Gasteiger partial charge in [0.25, 0.3) is 5.91 Å². The van der Waals surface area contributed by atoms with E-state index in [1.54, 1.807) is 7.11 Å². The summed E-state index contributed by atoms with van der Waals surface area (Å²) in [6, 6.07) is 15.9. The van der Waals surface area contributed by atoms with Crippen molar-refractivity contribution in [1.29, 1.82) is 0 Å². The fraction of sp³-hybridized carbons (Fsp3) is 0.548. The molecule has 1 aliphatic heterocycles. The van der Waals surface area contributed by atoms with Gasteiger partial charge in [-0.05, 0) is 62.3 Å². The van der Waals surface area contributed by atoms with Crippen LogP contribution in [0.25, 0.3) is 0 Å². The van der Waals surface area contributed by atoms with E-state index in [1.807, 2.05) is 60.2 Å². The lowest BCUT2D eigenvalue weighted by atomic mass is 9.94. The quantitative estimate of drug-likeness (QED) is 0.376. The molecule has 0 saturated carbocycles. The lowest BCUT2D eigenvalue weighted by molar-refractivity contribution is -0.130. The molecule has 2 aromatic carbocycles. The molecule has 1 saturated heterocycles. The maximum atomic E-state index is 13.6. The van der Waals surface area contributed by atoms with Crippen molar-refractivity contribution >= 4 is 11.8 Å². The largest absolute Gasteiger partial charge is 0.493 e. The molecule has 2 aromatic rings. The molecule has 2 amide bonds. The first kappa shape index (κ1) is 29.7. The van der Waals surface area contributed by atoms with Crippen molar-refractivity contribution in [3.8, 4) is 5.75 Å². The van der Waals surface area contributed by atoms with Gasteiger partial charge in [0, 0.05) is 71.4 Å². The van der Waals surface area contributed by atoms with Crippen LogP contribution in [0.3, 0.4) is 0 Å². The molecule has 2 atom stereocenters. The summed E-state index contributed by atoms with van der Waals surface area (Å²) in [5, 5.41) is 3.49. The summed E-state index contributed by atoms with van der Waals surface area (Å²) < 4.78 is 11.0. The molecule has 0 bridgehead atoms. The summed E-state index contributed by atoms with van der Waals surface area (Å²) >= 11 is 0. The van der Waals surface area contributed by atoms with Gasteiger partial charge < -0.3 is 24.6 Å². The van der Waals surface area contributed by atoms with Gasteiger partial charge in [-0.25, -0.2) is 0 Å². The Bertz CT molecular complexity index is 1030. The van der Waals surface area contributed by atoms with Crippen molar-refractivity contribution in [1.82, 2.24) is 15.1 Å².